The van der Waals surface area contributed by atoms with E-state index in [0.29, 0.717) is 11.7 Å². The van der Waals surface area contributed by atoms with Gasteiger partial charge in [-0.3, -0.25) is 0 Å². The maximum absolute atomic E-state index is 10.2. The van der Waals surface area contributed by atoms with E-state index in [2.05, 4.69) is 26.5 Å². The van der Waals surface area contributed by atoms with E-state index in [-0.39, 0.29) is 5.92 Å². The summed E-state index contributed by atoms with van der Waals surface area (Å²) in [6.45, 7) is 8.03. The smallest absolute Gasteiger partial charge is 0.123 e. The van der Waals surface area contributed by atoms with Crippen LogP contribution in [0.3, 0.4) is 0 Å². The predicted octanol–water partition coefficient (Wildman–Crippen LogP) is 3.73. The van der Waals surface area contributed by atoms with Crippen molar-refractivity contribution in [1.82, 2.24) is 0 Å². The molecule has 1 heteroatoms. The second-order valence-electron chi connectivity index (χ2n) is 4.54. The standard InChI is InChI=1S/C14H18O/c1-4-9(2)12-8-7-11-6-5-10(3)13(11)14(12)15/h4,7-10,15H,1,5-6H2,2-3H3. The van der Waals surface area contributed by atoms with E-state index in [1.54, 1.807) is 0 Å². The second kappa shape index (κ2) is 3.73. The second-order valence-corrected chi connectivity index (χ2v) is 4.54. The largest absolute Gasteiger partial charge is 0.507 e. The van der Waals surface area contributed by atoms with Crippen LogP contribution in [0.2, 0.25) is 0 Å². The van der Waals surface area contributed by atoms with E-state index in [1.807, 2.05) is 12.1 Å². The molecule has 80 valence electrons. The molecule has 1 N–H and O–H groups in total. The van der Waals surface area contributed by atoms with Gasteiger partial charge in [0.2, 0.25) is 0 Å². The van der Waals surface area contributed by atoms with Gasteiger partial charge in [0.15, 0.2) is 0 Å². The van der Waals surface area contributed by atoms with Crippen molar-refractivity contribution in [3.63, 3.8) is 0 Å². The summed E-state index contributed by atoms with van der Waals surface area (Å²) in [7, 11) is 0. The highest BCUT2D eigenvalue weighted by molar-refractivity contribution is 5.51. The van der Waals surface area contributed by atoms with Gasteiger partial charge in [-0.15, -0.1) is 6.58 Å². The van der Waals surface area contributed by atoms with E-state index in [1.165, 1.54) is 11.1 Å². The first-order chi connectivity index (χ1) is 7.15. The third-order valence-corrected chi connectivity index (χ3v) is 3.52. The molecule has 1 aliphatic rings. The van der Waals surface area contributed by atoms with Gasteiger partial charge >= 0.3 is 0 Å². The fourth-order valence-corrected chi connectivity index (χ4v) is 2.45. The summed E-state index contributed by atoms with van der Waals surface area (Å²) >= 11 is 0. The first kappa shape index (κ1) is 10.3. The predicted molar refractivity (Wildman–Crippen MR) is 63.5 cm³/mol. The molecule has 1 aromatic carbocycles. The molecule has 0 aromatic heterocycles. The number of hydrogen-bond donors (Lipinski definition) is 1. The Morgan fingerprint density at radius 3 is 2.93 bits per heavy atom. The van der Waals surface area contributed by atoms with Gasteiger partial charge in [-0.05, 0) is 24.3 Å². The van der Waals surface area contributed by atoms with Crippen LogP contribution in [0.1, 0.15) is 48.8 Å². The van der Waals surface area contributed by atoms with Gasteiger partial charge in [-0.2, -0.15) is 0 Å². The number of fused-ring (bicyclic) bond motifs is 1. The van der Waals surface area contributed by atoms with Gasteiger partial charge in [0, 0.05) is 17.0 Å². The van der Waals surface area contributed by atoms with Gasteiger partial charge in [-0.25, -0.2) is 0 Å². The molecule has 0 saturated carbocycles. The number of rotatable bonds is 2. The highest BCUT2D eigenvalue weighted by Crippen LogP contribution is 2.42. The number of benzene rings is 1. The van der Waals surface area contributed by atoms with Crippen LogP contribution < -0.4 is 0 Å². The summed E-state index contributed by atoms with van der Waals surface area (Å²) in [6.07, 6.45) is 4.14. The van der Waals surface area contributed by atoms with Crippen molar-refractivity contribution < 1.29 is 5.11 Å². The van der Waals surface area contributed by atoms with Crippen molar-refractivity contribution in [1.29, 1.82) is 0 Å². The highest BCUT2D eigenvalue weighted by atomic mass is 16.3. The zero-order valence-electron chi connectivity index (χ0n) is 9.46. The number of phenolic OH excluding ortho intramolecular Hbond substituents is 1. The fraction of sp³-hybridized carbons (Fsp3) is 0.429. The van der Waals surface area contributed by atoms with Crippen molar-refractivity contribution in [3.8, 4) is 5.75 Å². The van der Waals surface area contributed by atoms with E-state index < -0.39 is 0 Å². The third kappa shape index (κ3) is 1.56. The maximum atomic E-state index is 10.2. The van der Waals surface area contributed by atoms with Crippen molar-refractivity contribution >= 4 is 0 Å². The monoisotopic (exact) mass is 202 g/mol. The molecule has 2 rings (SSSR count). The lowest BCUT2D eigenvalue weighted by molar-refractivity contribution is 0.456. The summed E-state index contributed by atoms with van der Waals surface area (Å²) in [5.74, 6) is 1.23. The quantitative estimate of drug-likeness (QED) is 0.724. The minimum absolute atomic E-state index is 0.225. The minimum atomic E-state index is 0.225. The molecule has 2 atom stereocenters. The molecular weight excluding hydrogens is 184 g/mol. The van der Waals surface area contributed by atoms with Crippen molar-refractivity contribution in [2.24, 2.45) is 0 Å². The molecule has 2 unspecified atom stereocenters. The molecule has 0 radical (unpaired) electrons. The van der Waals surface area contributed by atoms with E-state index in [0.717, 1.165) is 18.4 Å². The van der Waals surface area contributed by atoms with Crippen LogP contribution in [-0.2, 0) is 6.42 Å². The maximum Gasteiger partial charge on any atom is 0.123 e. The average Bonchev–Trinajstić information content (AvgIpc) is 2.61. The number of aryl methyl sites for hydroxylation is 1. The Morgan fingerprint density at radius 2 is 2.27 bits per heavy atom. The van der Waals surface area contributed by atoms with Crippen LogP contribution >= 0.6 is 0 Å². The fourth-order valence-electron chi connectivity index (χ4n) is 2.45. The molecular formula is C14H18O. The van der Waals surface area contributed by atoms with E-state index >= 15 is 0 Å². The first-order valence-electron chi connectivity index (χ1n) is 5.62. The number of phenols is 1. The van der Waals surface area contributed by atoms with Crippen LogP contribution in [0, 0.1) is 0 Å². The number of aromatic hydroxyl groups is 1. The molecule has 0 bridgehead atoms. The van der Waals surface area contributed by atoms with Crippen molar-refractivity contribution in [2.45, 2.75) is 38.5 Å². The Morgan fingerprint density at radius 1 is 1.53 bits per heavy atom. The zero-order chi connectivity index (χ0) is 11.0. The Hall–Kier alpha value is -1.24. The third-order valence-electron chi connectivity index (χ3n) is 3.52. The van der Waals surface area contributed by atoms with Gasteiger partial charge in [-0.1, -0.05) is 32.1 Å². The summed E-state index contributed by atoms with van der Waals surface area (Å²) in [5, 5.41) is 10.2. The summed E-state index contributed by atoms with van der Waals surface area (Å²) in [5.41, 5.74) is 3.50. The SMILES string of the molecule is C=CC(C)c1ccc2c(c1O)C(C)CC2. The Labute approximate surface area is 91.4 Å². The lowest BCUT2D eigenvalue weighted by atomic mass is 9.93. The van der Waals surface area contributed by atoms with Gasteiger partial charge in [0.25, 0.3) is 0 Å². The number of allylic oxidation sites excluding steroid dienone is 1. The van der Waals surface area contributed by atoms with Gasteiger partial charge in [0.1, 0.15) is 5.75 Å². The Kier molecular flexibility index (Phi) is 2.56. The molecule has 1 aliphatic carbocycles. The zero-order valence-corrected chi connectivity index (χ0v) is 9.46. The molecule has 0 fully saturated rings. The Bertz CT molecular complexity index is 393. The summed E-state index contributed by atoms with van der Waals surface area (Å²) in [4.78, 5) is 0. The molecule has 1 aromatic rings. The first-order valence-corrected chi connectivity index (χ1v) is 5.62. The normalized spacial score (nSPS) is 21.1. The van der Waals surface area contributed by atoms with Crippen molar-refractivity contribution in [2.75, 3.05) is 0 Å². The lowest BCUT2D eigenvalue weighted by Gasteiger charge is -2.14. The number of hydrogen-bond acceptors (Lipinski definition) is 1. The highest BCUT2D eigenvalue weighted by Gasteiger charge is 2.24. The topological polar surface area (TPSA) is 20.2 Å². The van der Waals surface area contributed by atoms with Gasteiger partial charge in [0.05, 0.1) is 0 Å². The molecule has 0 aliphatic heterocycles. The molecule has 0 amide bonds. The minimum Gasteiger partial charge on any atom is -0.507 e. The molecule has 0 saturated heterocycles. The molecule has 1 nitrogen and oxygen atoms in total. The van der Waals surface area contributed by atoms with Gasteiger partial charge < -0.3 is 5.11 Å². The molecule has 15 heavy (non-hydrogen) atoms. The van der Waals surface area contributed by atoms with E-state index in [4.69, 9.17) is 0 Å². The van der Waals surface area contributed by atoms with E-state index in [9.17, 15) is 5.11 Å². The van der Waals surface area contributed by atoms with Crippen LogP contribution in [-0.4, -0.2) is 5.11 Å². The Balaban J connectivity index is 2.53. The van der Waals surface area contributed by atoms with Crippen LogP contribution in [0.5, 0.6) is 5.75 Å². The molecule has 0 heterocycles. The summed E-state index contributed by atoms with van der Waals surface area (Å²) in [6, 6.07) is 4.20. The lowest BCUT2D eigenvalue weighted by Crippen LogP contribution is -1.95. The van der Waals surface area contributed by atoms with Crippen molar-refractivity contribution in [3.05, 3.63) is 41.5 Å². The summed E-state index contributed by atoms with van der Waals surface area (Å²) < 4.78 is 0. The van der Waals surface area contributed by atoms with Crippen LogP contribution in [0.15, 0.2) is 24.8 Å². The molecule has 0 spiro atoms. The van der Waals surface area contributed by atoms with Crippen LogP contribution in [0.4, 0.5) is 0 Å². The van der Waals surface area contributed by atoms with Crippen LogP contribution in [0.25, 0.3) is 0 Å². The average molecular weight is 202 g/mol.